The molecule has 0 aliphatic carbocycles. The van der Waals surface area contributed by atoms with Crippen molar-refractivity contribution in [3.63, 3.8) is 0 Å². The number of imide groups is 1. The fourth-order valence-electron chi connectivity index (χ4n) is 0.874. The van der Waals surface area contributed by atoms with Crippen LogP contribution in [0.5, 0.6) is 0 Å². The number of likely N-dealkylation sites (N-methyl/N-ethyl adjacent to an activating group) is 1. The molecule has 0 aromatic heterocycles. The van der Waals surface area contributed by atoms with E-state index in [2.05, 4.69) is 0 Å². The van der Waals surface area contributed by atoms with Crippen molar-refractivity contribution in [3.8, 4) is 0 Å². The first kappa shape index (κ1) is 9.32. The number of nitrogens with zero attached hydrogens (tertiary/aromatic N) is 1. The zero-order valence-electron chi connectivity index (χ0n) is 7.33. The molecular weight excluding hydrogens is 174 g/mol. The van der Waals surface area contributed by atoms with E-state index >= 15 is 0 Å². The summed E-state index contributed by atoms with van der Waals surface area (Å²) in [6.45, 7) is 3.98. The number of hydrogen-bond acceptors (Lipinski definition) is 3. The number of carbonyl (C=O) groups excluding carboxylic acids is 2. The van der Waals surface area contributed by atoms with E-state index in [-0.39, 0.29) is 11.8 Å². The highest BCUT2D eigenvalue weighted by molar-refractivity contribution is 8.04. The van der Waals surface area contributed by atoms with Gasteiger partial charge in [0.1, 0.15) is 0 Å². The fraction of sp³-hybridized carbons (Fsp3) is 0.500. The summed E-state index contributed by atoms with van der Waals surface area (Å²) in [7, 11) is 1.50. The van der Waals surface area contributed by atoms with Crippen LogP contribution in [0.2, 0.25) is 0 Å². The second-order valence-corrected chi connectivity index (χ2v) is 4.50. The van der Waals surface area contributed by atoms with Gasteiger partial charge < -0.3 is 0 Å². The van der Waals surface area contributed by atoms with Gasteiger partial charge in [0, 0.05) is 18.4 Å². The van der Waals surface area contributed by atoms with Gasteiger partial charge in [-0.3, -0.25) is 14.5 Å². The lowest BCUT2D eigenvalue weighted by atomic mass is 10.5. The van der Waals surface area contributed by atoms with Gasteiger partial charge in [-0.1, -0.05) is 13.8 Å². The Balaban J connectivity index is 2.74. The maximum absolute atomic E-state index is 11.3. The summed E-state index contributed by atoms with van der Waals surface area (Å²) in [5, 5.41) is 0.333. The SMILES string of the molecule is CC(C)SC1=CC(=O)N(C)C1=O. The highest BCUT2D eigenvalue weighted by Gasteiger charge is 2.28. The molecule has 3 nitrogen and oxygen atoms in total. The quantitative estimate of drug-likeness (QED) is 0.602. The Morgan fingerprint density at radius 1 is 1.42 bits per heavy atom. The molecule has 0 fully saturated rings. The lowest BCUT2D eigenvalue weighted by molar-refractivity contribution is -0.135. The lowest BCUT2D eigenvalue weighted by Crippen LogP contribution is -2.25. The molecule has 2 amide bonds. The third-order valence-corrected chi connectivity index (χ3v) is 2.48. The number of thioether (sulfide) groups is 1. The predicted molar refractivity (Wildman–Crippen MR) is 48.6 cm³/mol. The van der Waals surface area contributed by atoms with E-state index in [1.807, 2.05) is 13.8 Å². The molecule has 0 saturated carbocycles. The molecule has 1 rings (SSSR count). The van der Waals surface area contributed by atoms with Gasteiger partial charge in [-0.2, -0.15) is 0 Å². The van der Waals surface area contributed by atoms with Crippen LogP contribution in [-0.2, 0) is 9.59 Å². The largest absolute Gasteiger partial charge is 0.278 e. The second kappa shape index (κ2) is 3.31. The summed E-state index contributed by atoms with van der Waals surface area (Å²) in [5.41, 5.74) is 0. The van der Waals surface area contributed by atoms with E-state index in [0.29, 0.717) is 10.2 Å². The van der Waals surface area contributed by atoms with Crippen molar-refractivity contribution in [1.29, 1.82) is 0 Å². The first-order valence-electron chi connectivity index (χ1n) is 3.72. The van der Waals surface area contributed by atoms with Gasteiger partial charge in [0.15, 0.2) is 0 Å². The van der Waals surface area contributed by atoms with Crippen molar-refractivity contribution in [1.82, 2.24) is 4.90 Å². The summed E-state index contributed by atoms with van der Waals surface area (Å²) in [6.07, 6.45) is 1.40. The number of carbonyl (C=O) groups is 2. The first-order valence-corrected chi connectivity index (χ1v) is 4.60. The molecule has 0 spiro atoms. The van der Waals surface area contributed by atoms with Crippen LogP contribution in [0.25, 0.3) is 0 Å². The lowest BCUT2D eigenvalue weighted by Gasteiger charge is -2.07. The Kier molecular flexibility index (Phi) is 2.57. The molecule has 1 aliphatic rings. The Morgan fingerprint density at radius 3 is 2.33 bits per heavy atom. The standard InChI is InChI=1S/C8H11NO2S/c1-5(2)12-6-4-7(10)9(3)8(6)11/h4-5H,1-3H3. The molecule has 0 N–H and O–H groups in total. The van der Waals surface area contributed by atoms with Crippen molar-refractivity contribution in [2.45, 2.75) is 19.1 Å². The molecule has 0 atom stereocenters. The first-order chi connectivity index (χ1) is 5.52. The van der Waals surface area contributed by atoms with Gasteiger partial charge >= 0.3 is 0 Å². The molecule has 0 aromatic rings. The molecular formula is C8H11NO2S. The van der Waals surface area contributed by atoms with Crippen LogP contribution in [0.1, 0.15) is 13.8 Å². The molecule has 1 heterocycles. The minimum atomic E-state index is -0.219. The Bertz CT molecular complexity index is 258. The van der Waals surface area contributed by atoms with Crippen molar-refractivity contribution >= 4 is 23.6 Å². The second-order valence-electron chi connectivity index (χ2n) is 2.88. The van der Waals surface area contributed by atoms with E-state index in [1.165, 1.54) is 24.9 Å². The molecule has 66 valence electrons. The normalized spacial score (nSPS) is 17.7. The summed E-state index contributed by atoms with van der Waals surface area (Å²) in [6, 6.07) is 0. The van der Waals surface area contributed by atoms with Crippen LogP contribution in [0, 0.1) is 0 Å². The molecule has 0 saturated heterocycles. The minimum absolute atomic E-state index is 0.182. The average Bonchev–Trinajstić information content (AvgIpc) is 2.17. The van der Waals surface area contributed by atoms with E-state index in [1.54, 1.807) is 0 Å². The van der Waals surface area contributed by atoms with Gasteiger partial charge in [0.25, 0.3) is 11.8 Å². The summed E-state index contributed by atoms with van der Waals surface area (Å²) in [4.78, 5) is 23.9. The van der Waals surface area contributed by atoms with Crippen LogP contribution in [0.4, 0.5) is 0 Å². The maximum Gasteiger partial charge on any atom is 0.267 e. The Labute approximate surface area is 75.8 Å². The molecule has 0 radical (unpaired) electrons. The van der Waals surface area contributed by atoms with E-state index < -0.39 is 0 Å². The van der Waals surface area contributed by atoms with Gasteiger partial charge in [-0.15, -0.1) is 11.8 Å². The Morgan fingerprint density at radius 2 is 2.00 bits per heavy atom. The summed E-state index contributed by atoms with van der Waals surface area (Å²) < 4.78 is 0. The van der Waals surface area contributed by atoms with Gasteiger partial charge in [0.2, 0.25) is 0 Å². The van der Waals surface area contributed by atoms with E-state index in [4.69, 9.17) is 0 Å². The highest BCUT2D eigenvalue weighted by Crippen LogP contribution is 2.26. The third-order valence-electron chi connectivity index (χ3n) is 1.46. The van der Waals surface area contributed by atoms with Gasteiger partial charge in [-0.05, 0) is 0 Å². The smallest absolute Gasteiger partial charge is 0.267 e. The van der Waals surface area contributed by atoms with Crippen LogP contribution in [-0.4, -0.2) is 29.0 Å². The molecule has 1 aliphatic heterocycles. The fourth-order valence-corrected chi connectivity index (χ4v) is 1.79. The van der Waals surface area contributed by atoms with Crippen LogP contribution in [0.15, 0.2) is 11.0 Å². The minimum Gasteiger partial charge on any atom is -0.278 e. The molecule has 0 unspecified atom stereocenters. The molecule has 0 bridgehead atoms. The number of amides is 2. The van der Waals surface area contributed by atoms with Crippen molar-refractivity contribution in [2.75, 3.05) is 7.05 Å². The van der Waals surface area contributed by atoms with E-state index in [9.17, 15) is 9.59 Å². The van der Waals surface area contributed by atoms with Crippen molar-refractivity contribution in [2.24, 2.45) is 0 Å². The van der Waals surface area contributed by atoms with Gasteiger partial charge in [-0.25, -0.2) is 0 Å². The monoisotopic (exact) mass is 185 g/mol. The zero-order chi connectivity index (χ0) is 9.30. The summed E-state index contributed by atoms with van der Waals surface area (Å²) >= 11 is 1.43. The molecule has 0 aromatic carbocycles. The highest BCUT2D eigenvalue weighted by atomic mass is 32.2. The summed E-state index contributed by atoms with van der Waals surface area (Å²) in [5.74, 6) is -0.401. The predicted octanol–water partition coefficient (Wildman–Crippen LogP) is 1.01. The number of hydrogen-bond donors (Lipinski definition) is 0. The average molecular weight is 185 g/mol. The Hall–Kier alpha value is -0.770. The topological polar surface area (TPSA) is 37.4 Å². The van der Waals surface area contributed by atoms with E-state index in [0.717, 1.165) is 4.90 Å². The van der Waals surface area contributed by atoms with Gasteiger partial charge in [0.05, 0.1) is 4.91 Å². The molecule has 12 heavy (non-hydrogen) atoms. The van der Waals surface area contributed by atoms with Crippen molar-refractivity contribution in [3.05, 3.63) is 11.0 Å². The van der Waals surface area contributed by atoms with Crippen LogP contribution < -0.4 is 0 Å². The third kappa shape index (κ3) is 1.69. The van der Waals surface area contributed by atoms with Crippen molar-refractivity contribution < 1.29 is 9.59 Å². The molecule has 4 heteroatoms. The van der Waals surface area contributed by atoms with Crippen LogP contribution in [0.3, 0.4) is 0 Å². The van der Waals surface area contributed by atoms with Crippen LogP contribution >= 0.6 is 11.8 Å². The maximum atomic E-state index is 11.3. The number of rotatable bonds is 2. The zero-order valence-corrected chi connectivity index (χ0v) is 8.14.